The van der Waals surface area contributed by atoms with Crippen molar-refractivity contribution < 1.29 is 19.1 Å². The van der Waals surface area contributed by atoms with Crippen LogP contribution < -0.4 is 10.6 Å². The van der Waals surface area contributed by atoms with Crippen molar-refractivity contribution >= 4 is 23.8 Å². The monoisotopic (exact) mass is 415 g/mol. The van der Waals surface area contributed by atoms with Gasteiger partial charge in [0.15, 0.2) is 0 Å². The average Bonchev–Trinajstić information content (AvgIpc) is 2.79. The molecule has 30 heavy (non-hydrogen) atoms. The van der Waals surface area contributed by atoms with Crippen molar-refractivity contribution in [1.82, 2.24) is 10.2 Å². The summed E-state index contributed by atoms with van der Waals surface area (Å²) in [6.07, 6.45) is 9.02. The Kier molecular flexibility index (Phi) is 8.28. The van der Waals surface area contributed by atoms with Gasteiger partial charge >= 0.3 is 12.0 Å². The summed E-state index contributed by atoms with van der Waals surface area (Å²) in [7, 11) is 0. The fourth-order valence-corrected chi connectivity index (χ4v) is 4.30. The van der Waals surface area contributed by atoms with Crippen LogP contribution >= 0.6 is 0 Å². The van der Waals surface area contributed by atoms with E-state index in [1.165, 1.54) is 25.3 Å². The fourth-order valence-electron chi connectivity index (χ4n) is 4.30. The molecule has 164 valence electrons. The summed E-state index contributed by atoms with van der Waals surface area (Å²) in [4.78, 5) is 26.4. The van der Waals surface area contributed by atoms with Crippen molar-refractivity contribution in [1.29, 1.82) is 0 Å². The van der Waals surface area contributed by atoms with Gasteiger partial charge in [-0.15, -0.1) is 0 Å². The SMILES string of the molecule is CCOC(=O)C=Cc1ccc(NC(=O)NCC2(N3CCOCC3)CCCCC2)cc1. The molecule has 1 aliphatic heterocycles. The molecule has 1 aromatic carbocycles. The van der Waals surface area contributed by atoms with E-state index < -0.39 is 0 Å². The Balaban J connectivity index is 1.52. The number of hydrogen-bond acceptors (Lipinski definition) is 5. The van der Waals surface area contributed by atoms with Crippen LogP contribution in [0.15, 0.2) is 30.3 Å². The van der Waals surface area contributed by atoms with Gasteiger partial charge < -0.3 is 20.1 Å². The van der Waals surface area contributed by atoms with Crippen molar-refractivity contribution in [3.8, 4) is 0 Å². The van der Waals surface area contributed by atoms with Crippen LogP contribution in [0.3, 0.4) is 0 Å². The Morgan fingerprint density at radius 3 is 2.50 bits per heavy atom. The van der Waals surface area contributed by atoms with E-state index in [4.69, 9.17) is 9.47 Å². The molecule has 1 aromatic rings. The van der Waals surface area contributed by atoms with Crippen LogP contribution in [0.1, 0.15) is 44.6 Å². The maximum Gasteiger partial charge on any atom is 0.330 e. The molecule has 0 bridgehead atoms. The zero-order valence-corrected chi connectivity index (χ0v) is 17.8. The summed E-state index contributed by atoms with van der Waals surface area (Å²) >= 11 is 0. The molecule has 2 fully saturated rings. The highest BCUT2D eigenvalue weighted by Gasteiger charge is 2.38. The quantitative estimate of drug-likeness (QED) is 0.527. The number of benzene rings is 1. The summed E-state index contributed by atoms with van der Waals surface area (Å²) in [5, 5.41) is 6.01. The topological polar surface area (TPSA) is 79.9 Å². The summed E-state index contributed by atoms with van der Waals surface area (Å²) in [5.74, 6) is -0.365. The Hall–Kier alpha value is -2.38. The molecule has 1 aliphatic carbocycles. The third-order valence-corrected chi connectivity index (χ3v) is 5.91. The summed E-state index contributed by atoms with van der Waals surface area (Å²) in [6.45, 7) is 6.19. The van der Waals surface area contributed by atoms with Gasteiger partial charge in [0.1, 0.15) is 0 Å². The molecule has 0 atom stereocenters. The second-order valence-corrected chi connectivity index (χ2v) is 7.90. The second-order valence-electron chi connectivity index (χ2n) is 7.90. The van der Waals surface area contributed by atoms with Gasteiger partial charge in [-0.2, -0.15) is 0 Å². The molecule has 1 saturated carbocycles. The molecule has 0 unspecified atom stereocenters. The van der Waals surface area contributed by atoms with Gasteiger partial charge in [-0.05, 0) is 43.5 Å². The third-order valence-electron chi connectivity index (χ3n) is 5.91. The number of carbonyl (C=O) groups is 2. The molecule has 0 spiro atoms. The van der Waals surface area contributed by atoms with Crippen molar-refractivity contribution in [3.05, 3.63) is 35.9 Å². The first-order valence-electron chi connectivity index (χ1n) is 10.9. The highest BCUT2D eigenvalue weighted by atomic mass is 16.5. The van der Waals surface area contributed by atoms with Crippen molar-refractivity contribution in [2.75, 3.05) is 44.8 Å². The number of carbonyl (C=O) groups excluding carboxylic acids is 2. The number of hydrogen-bond donors (Lipinski definition) is 2. The Morgan fingerprint density at radius 1 is 1.13 bits per heavy atom. The normalized spacial score (nSPS) is 19.4. The van der Waals surface area contributed by atoms with Crippen LogP contribution in [0.25, 0.3) is 6.08 Å². The number of morpholine rings is 1. The van der Waals surface area contributed by atoms with E-state index >= 15 is 0 Å². The molecular weight excluding hydrogens is 382 g/mol. The van der Waals surface area contributed by atoms with Gasteiger partial charge in [0.05, 0.1) is 19.8 Å². The van der Waals surface area contributed by atoms with Crippen LogP contribution in [-0.2, 0) is 14.3 Å². The second kappa shape index (κ2) is 11.1. The molecular formula is C23H33N3O4. The first-order chi connectivity index (χ1) is 14.6. The summed E-state index contributed by atoms with van der Waals surface area (Å²) in [5.41, 5.74) is 1.62. The highest BCUT2D eigenvalue weighted by molar-refractivity contribution is 5.90. The predicted octanol–water partition coefficient (Wildman–Crippen LogP) is 3.42. The predicted molar refractivity (Wildman–Crippen MR) is 117 cm³/mol. The van der Waals surface area contributed by atoms with Crippen LogP contribution in [0.2, 0.25) is 0 Å². The lowest BCUT2D eigenvalue weighted by atomic mass is 9.80. The smallest absolute Gasteiger partial charge is 0.330 e. The van der Waals surface area contributed by atoms with E-state index in [2.05, 4.69) is 15.5 Å². The standard InChI is InChI=1S/C23H33N3O4/c1-2-30-21(27)11-8-19-6-9-20(10-7-19)25-22(28)24-18-23(12-4-3-5-13-23)26-14-16-29-17-15-26/h6-11H,2-5,12-18H2,1H3,(H2,24,25,28). The molecule has 0 aromatic heterocycles. The molecule has 1 heterocycles. The lowest BCUT2D eigenvalue weighted by molar-refractivity contribution is -0.137. The van der Waals surface area contributed by atoms with Crippen molar-refractivity contribution in [3.63, 3.8) is 0 Å². The maximum absolute atomic E-state index is 12.5. The number of rotatable bonds is 7. The zero-order valence-electron chi connectivity index (χ0n) is 17.8. The Morgan fingerprint density at radius 2 is 1.83 bits per heavy atom. The average molecular weight is 416 g/mol. The minimum absolute atomic E-state index is 0.0428. The molecule has 1 saturated heterocycles. The third kappa shape index (κ3) is 6.31. The van der Waals surface area contributed by atoms with Gasteiger partial charge in [-0.3, -0.25) is 4.90 Å². The van der Waals surface area contributed by atoms with Gasteiger partial charge in [-0.1, -0.05) is 31.4 Å². The number of amides is 2. The van der Waals surface area contributed by atoms with E-state index in [9.17, 15) is 9.59 Å². The highest BCUT2D eigenvalue weighted by Crippen LogP contribution is 2.33. The molecule has 7 heteroatoms. The van der Waals surface area contributed by atoms with Gasteiger partial charge in [0, 0.05) is 36.9 Å². The molecule has 2 aliphatic rings. The number of urea groups is 1. The van der Waals surface area contributed by atoms with E-state index in [0.717, 1.165) is 44.7 Å². The summed E-state index contributed by atoms with van der Waals surface area (Å²) in [6, 6.07) is 7.15. The fraction of sp³-hybridized carbons (Fsp3) is 0.565. The largest absolute Gasteiger partial charge is 0.463 e. The molecule has 3 rings (SSSR count). The lowest BCUT2D eigenvalue weighted by Crippen LogP contribution is -2.60. The van der Waals surface area contributed by atoms with Gasteiger partial charge in [-0.25, -0.2) is 9.59 Å². The Labute approximate surface area is 178 Å². The van der Waals surface area contributed by atoms with E-state index in [0.29, 0.717) is 18.8 Å². The van der Waals surface area contributed by atoms with E-state index in [1.54, 1.807) is 13.0 Å². The van der Waals surface area contributed by atoms with Crippen molar-refractivity contribution in [2.45, 2.75) is 44.6 Å². The van der Waals surface area contributed by atoms with Crippen LogP contribution in [0, 0.1) is 0 Å². The van der Waals surface area contributed by atoms with Crippen LogP contribution in [0.4, 0.5) is 10.5 Å². The zero-order chi connectivity index (χ0) is 21.2. The molecule has 2 amide bonds. The van der Waals surface area contributed by atoms with Crippen LogP contribution in [-0.4, -0.2) is 61.9 Å². The number of anilines is 1. The number of esters is 1. The number of nitrogens with zero attached hydrogens (tertiary/aromatic N) is 1. The molecule has 2 N–H and O–H groups in total. The van der Waals surface area contributed by atoms with Crippen molar-refractivity contribution in [2.24, 2.45) is 0 Å². The molecule has 7 nitrogen and oxygen atoms in total. The van der Waals surface area contributed by atoms with Gasteiger partial charge in [0.2, 0.25) is 0 Å². The molecule has 0 radical (unpaired) electrons. The number of nitrogens with one attached hydrogen (secondary N) is 2. The van der Waals surface area contributed by atoms with Gasteiger partial charge in [0.25, 0.3) is 0 Å². The minimum Gasteiger partial charge on any atom is -0.463 e. The summed E-state index contributed by atoms with van der Waals surface area (Å²) < 4.78 is 10.4. The van der Waals surface area contributed by atoms with E-state index in [-0.39, 0.29) is 17.5 Å². The van der Waals surface area contributed by atoms with E-state index in [1.807, 2.05) is 24.3 Å². The first-order valence-corrected chi connectivity index (χ1v) is 10.9. The minimum atomic E-state index is -0.365. The number of ether oxygens (including phenoxy) is 2. The maximum atomic E-state index is 12.5. The first kappa shape index (κ1) is 22.3. The van der Waals surface area contributed by atoms with Crippen LogP contribution in [0.5, 0.6) is 0 Å². The lowest BCUT2D eigenvalue weighted by Gasteiger charge is -2.48. The Bertz CT molecular complexity index is 720.